The SMILES string of the molecule is CC1(C)CCC(O)CC1n1cc(F)ccc1=O. The molecule has 94 valence electrons. The van der Waals surface area contributed by atoms with Crippen LogP contribution in [0.15, 0.2) is 23.1 Å². The van der Waals surface area contributed by atoms with Crippen molar-refractivity contribution in [2.45, 2.75) is 45.3 Å². The van der Waals surface area contributed by atoms with Crippen molar-refractivity contribution in [3.8, 4) is 0 Å². The van der Waals surface area contributed by atoms with Gasteiger partial charge in [-0.25, -0.2) is 4.39 Å². The average Bonchev–Trinajstić information content (AvgIpc) is 2.26. The van der Waals surface area contributed by atoms with Crippen LogP contribution >= 0.6 is 0 Å². The van der Waals surface area contributed by atoms with E-state index in [0.717, 1.165) is 12.8 Å². The van der Waals surface area contributed by atoms with Crippen LogP contribution in [0.1, 0.15) is 39.2 Å². The molecule has 2 rings (SSSR count). The van der Waals surface area contributed by atoms with Gasteiger partial charge in [0.2, 0.25) is 0 Å². The van der Waals surface area contributed by atoms with E-state index < -0.39 is 11.9 Å². The first kappa shape index (κ1) is 12.3. The Hall–Kier alpha value is -1.16. The number of rotatable bonds is 1. The second kappa shape index (κ2) is 4.26. The number of hydrogen-bond acceptors (Lipinski definition) is 2. The maximum absolute atomic E-state index is 13.2. The van der Waals surface area contributed by atoms with Crippen molar-refractivity contribution in [3.05, 3.63) is 34.5 Å². The number of hydrogen-bond donors (Lipinski definition) is 1. The lowest BCUT2D eigenvalue weighted by molar-refractivity contribution is 0.0325. The lowest BCUT2D eigenvalue weighted by Crippen LogP contribution is -2.40. The Morgan fingerprint density at radius 2 is 2.18 bits per heavy atom. The van der Waals surface area contributed by atoms with E-state index in [1.165, 1.54) is 22.9 Å². The molecule has 2 unspecified atom stereocenters. The maximum Gasteiger partial charge on any atom is 0.250 e. The highest BCUT2D eigenvalue weighted by Gasteiger charge is 2.37. The predicted molar refractivity (Wildman–Crippen MR) is 63.3 cm³/mol. The smallest absolute Gasteiger partial charge is 0.250 e. The number of nitrogens with zero attached hydrogens (tertiary/aromatic N) is 1. The van der Waals surface area contributed by atoms with E-state index in [2.05, 4.69) is 13.8 Å². The van der Waals surface area contributed by atoms with Crippen molar-refractivity contribution in [2.75, 3.05) is 0 Å². The van der Waals surface area contributed by atoms with Crippen LogP contribution in [0.25, 0.3) is 0 Å². The molecule has 3 nitrogen and oxygen atoms in total. The lowest BCUT2D eigenvalue weighted by Gasteiger charge is -2.41. The summed E-state index contributed by atoms with van der Waals surface area (Å²) in [5, 5.41) is 9.72. The molecule has 0 aliphatic heterocycles. The molecule has 0 spiro atoms. The Balaban J connectivity index is 2.43. The van der Waals surface area contributed by atoms with E-state index in [-0.39, 0.29) is 17.0 Å². The second-order valence-corrected chi connectivity index (χ2v) is 5.53. The number of aliphatic hydroxyl groups excluding tert-OH is 1. The van der Waals surface area contributed by atoms with E-state index in [1.807, 2.05) is 0 Å². The Kier molecular flexibility index (Phi) is 3.08. The minimum absolute atomic E-state index is 0.100. The summed E-state index contributed by atoms with van der Waals surface area (Å²) in [6.45, 7) is 4.11. The van der Waals surface area contributed by atoms with Gasteiger partial charge < -0.3 is 9.67 Å². The highest BCUT2D eigenvalue weighted by molar-refractivity contribution is 5.01. The van der Waals surface area contributed by atoms with E-state index in [1.54, 1.807) is 0 Å². The monoisotopic (exact) mass is 239 g/mol. The van der Waals surface area contributed by atoms with E-state index in [4.69, 9.17) is 0 Å². The molecule has 17 heavy (non-hydrogen) atoms. The average molecular weight is 239 g/mol. The fourth-order valence-electron chi connectivity index (χ4n) is 2.61. The molecule has 1 aliphatic rings. The zero-order chi connectivity index (χ0) is 12.6. The second-order valence-electron chi connectivity index (χ2n) is 5.53. The molecule has 1 aliphatic carbocycles. The highest BCUT2D eigenvalue weighted by atomic mass is 19.1. The molecule has 0 aromatic carbocycles. The van der Waals surface area contributed by atoms with Gasteiger partial charge in [0.25, 0.3) is 5.56 Å². The van der Waals surface area contributed by atoms with Gasteiger partial charge in [0.05, 0.1) is 6.10 Å². The summed E-state index contributed by atoms with van der Waals surface area (Å²) in [7, 11) is 0. The molecule has 1 N–H and O–H groups in total. The van der Waals surface area contributed by atoms with Gasteiger partial charge >= 0.3 is 0 Å². The molecule has 0 bridgehead atoms. The first-order valence-electron chi connectivity index (χ1n) is 5.96. The third-order valence-electron chi connectivity index (χ3n) is 3.76. The standard InChI is InChI=1S/C13H18FNO2/c1-13(2)6-5-10(16)7-11(13)15-8-9(14)3-4-12(15)17/h3-4,8,10-11,16H,5-7H2,1-2H3. The van der Waals surface area contributed by atoms with Gasteiger partial charge in [0.15, 0.2) is 0 Å². The van der Waals surface area contributed by atoms with Crippen LogP contribution in [0.4, 0.5) is 4.39 Å². The van der Waals surface area contributed by atoms with Crippen molar-refractivity contribution in [3.63, 3.8) is 0 Å². The molecule has 2 atom stereocenters. The van der Waals surface area contributed by atoms with E-state index >= 15 is 0 Å². The molecule has 0 amide bonds. The van der Waals surface area contributed by atoms with Gasteiger partial charge in [-0.15, -0.1) is 0 Å². The molecule has 1 fully saturated rings. The quantitative estimate of drug-likeness (QED) is 0.815. The number of aliphatic hydroxyl groups is 1. The summed E-state index contributed by atoms with van der Waals surface area (Å²) in [6.07, 6.45) is 2.93. The van der Waals surface area contributed by atoms with Crippen LogP contribution in [0, 0.1) is 11.2 Å². The largest absolute Gasteiger partial charge is 0.393 e. The van der Waals surface area contributed by atoms with Crippen LogP contribution in [0.3, 0.4) is 0 Å². The molecular weight excluding hydrogens is 221 g/mol. The van der Waals surface area contributed by atoms with Crippen LogP contribution in [0.2, 0.25) is 0 Å². The Morgan fingerprint density at radius 1 is 1.47 bits per heavy atom. The molecule has 4 heteroatoms. The fraction of sp³-hybridized carbons (Fsp3) is 0.615. The normalized spacial score (nSPS) is 28.0. The van der Waals surface area contributed by atoms with Gasteiger partial charge in [-0.2, -0.15) is 0 Å². The third kappa shape index (κ3) is 2.41. The zero-order valence-corrected chi connectivity index (χ0v) is 10.2. The Labute approximate surface area is 99.9 Å². The number of pyridine rings is 1. The summed E-state index contributed by atoms with van der Waals surface area (Å²) in [6, 6.07) is 2.27. The third-order valence-corrected chi connectivity index (χ3v) is 3.76. The summed E-state index contributed by atoms with van der Waals surface area (Å²) >= 11 is 0. The summed E-state index contributed by atoms with van der Waals surface area (Å²) in [4.78, 5) is 11.8. The summed E-state index contributed by atoms with van der Waals surface area (Å²) < 4.78 is 14.7. The molecule has 1 saturated carbocycles. The van der Waals surface area contributed by atoms with Crippen molar-refractivity contribution in [1.29, 1.82) is 0 Å². The Bertz CT molecular complexity index is 467. The van der Waals surface area contributed by atoms with Gasteiger partial charge in [-0.05, 0) is 30.7 Å². The minimum atomic E-state index is -0.416. The van der Waals surface area contributed by atoms with Crippen molar-refractivity contribution in [2.24, 2.45) is 5.41 Å². The van der Waals surface area contributed by atoms with Crippen molar-refractivity contribution in [1.82, 2.24) is 4.57 Å². The van der Waals surface area contributed by atoms with Crippen LogP contribution in [-0.4, -0.2) is 15.8 Å². The minimum Gasteiger partial charge on any atom is -0.393 e. The van der Waals surface area contributed by atoms with Gasteiger partial charge in [0.1, 0.15) is 5.82 Å². The maximum atomic E-state index is 13.2. The van der Waals surface area contributed by atoms with Gasteiger partial charge in [-0.1, -0.05) is 13.8 Å². The van der Waals surface area contributed by atoms with Gasteiger partial charge in [-0.3, -0.25) is 4.79 Å². The summed E-state index contributed by atoms with van der Waals surface area (Å²) in [5.74, 6) is -0.416. The first-order chi connectivity index (χ1) is 7.90. The van der Waals surface area contributed by atoms with Crippen LogP contribution in [-0.2, 0) is 0 Å². The number of aromatic nitrogens is 1. The lowest BCUT2D eigenvalue weighted by atomic mass is 9.72. The molecule has 1 heterocycles. The fourth-order valence-corrected chi connectivity index (χ4v) is 2.61. The van der Waals surface area contributed by atoms with Crippen molar-refractivity contribution >= 4 is 0 Å². The zero-order valence-electron chi connectivity index (χ0n) is 10.2. The topological polar surface area (TPSA) is 42.2 Å². The molecule has 0 radical (unpaired) electrons. The van der Waals surface area contributed by atoms with Crippen LogP contribution < -0.4 is 5.56 Å². The molecule has 1 aromatic rings. The number of halogens is 1. The highest BCUT2D eigenvalue weighted by Crippen LogP contribution is 2.43. The first-order valence-corrected chi connectivity index (χ1v) is 5.96. The molecule has 1 aromatic heterocycles. The Morgan fingerprint density at radius 3 is 2.88 bits per heavy atom. The predicted octanol–water partition coefficient (Wildman–Crippen LogP) is 2.10. The van der Waals surface area contributed by atoms with Crippen molar-refractivity contribution < 1.29 is 9.50 Å². The van der Waals surface area contributed by atoms with Crippen LogP contribution in [0.5, 0.6) is 0 Å². The van der Waals surface area contributed by atoms with E-state index in [9.17, 15) is 14.3 Å². The molecule has 0 saturated heterocycles. The van der Waals surface area contributed by atoms with Gasteiger partial charge in [0, 0.05) is 18.3 Å². The van der Waals surface area contributed by atoms with E-state index in [0.29, 0.717) is 6.42 Å². The summed E-state index contributed by atoms with van der Waals surface area (Å²) in [5.41, 5.74) is -0.310. The molecular formula is C13H18FNO2.